The minimum atomic E-state index is -3.85. The van der Waals surface area contributed by atoms with Crippen LogP contribution in [0, 0.1) is 0 Å². The largest absolute Gasteiger partial charge is 0.383 e. The summed E-state index contributed by atoms with van der Waals surface area (Å²) in [5, 5.41) is 6.91. The van der Waals surface area contributed by atoms with E-state index in [1.54, 1.807) is 23.0 Å². The fourth-order valence-corrected chi connectivity index (χ4v) is 6.19. The molecule has 34 heavy (non-hydrogen) atoms. The molecule has 2 aromatic heterocycles. The molecule has 3 heterocycles. The number of nitrogens with two attached hydrogens (primary N) is 2. The van der Waals surface area contributed by atoms with E-state index in [2.05, 4.69) is 15.1 Å². The Hall–Kier alpha value is -4.18. The monoisotopic (exact) mass is 471 g/mol. The molecule has 1 aliphatic heterocycles. The molecule has 10 heteroatoms. The van der Waals surface area contributed by atoms with Crippen LogP contribution in [-0.4, -0.2) is 34.7 Å². The van der Waals surface area contributed by atoms with Crippen LogP contribution >= 0.6 is 0 Å². The molecule has 3 aromatic carbocycles. The number of rotatable bonds is 3. The van der Waals surface area contributed by atoms with E-state index in [1.165, 1.54) is 4.31 Å². The summed E-state index contributed by atoms with van der Waals surface area (Å²) in [6.45, 7) is 0.187. The lowest BCUT2D eigenvalue weighted by Gasteiger charge is -2.35. The zero-order valence-corrected chi connectivity index (χ0v) is 18.9. The first-order valence-corrected chi connectivity index (χ1v) is 12.2. The van der Waals surface area contributed by atoms with Crippen molar-refractivity contribution in [2.75, 3.05) is 22.3 Å². The van der Waals surface area contributed by atoms with Crippen molar-refractivity contribution >= 4 is 49.3 Å². The van der Waals surface area contributed by atoms with Gasteiger partial charge in [0, 0.05) is 0 Å². The summed E-state index contributed by atoms with van der Waals surface area (Å²) >= 11 is 0. The highest BCUT2D eigenvalue weighted by Gasteiger charge is 2.35. The van der Waals surface area contributed by atoms with Crippen molar-refractivity contribution in [1.29, 1.82) is 0 Å². The van der Waals surface area contributed by atoms with Crippen molar-refractivity contribution in [1.82, 2.24) is 19.7 Å². The van der Waals surface area contributed by atoms with E-state index in [1.807, 2.05) is 54.6 Å². The van der Waals surface area contributed by atoms with Crippen molar-refractivity contribution in [3.63, 3.8) is 0 Å². The molecule has 0 aliphatic carbocycles. The van der Waals surface area contributed by atoms with Gasteiger partial charge < -0.3 is 11.5 Å². The van der Waals surface area contributed by atoms with Gasteiger partial charge in [-0.3, -0.25) is 4.31 Å². The fraction of sp³-hybridized carbons (Fsp3) is 0.125. The molecule has 0 fully saturated rings. The highest BCUT2D eigenvalue weighted by atomic mass is 32.2. The Kier molecular flexibility index (Phi) is 4.46. The number of hydrogen-bond donors (Lipinski definition) is 2. The summed E-state index contributed by atoms with van der Waals surface area (Å²) in [5.41, 5.74) is 13.9. The van der Waals surface area contributed by atoms with Gasteiger partial charge >= 0.3 is 0 Å². The van der Waals surface area contributed by atoms with Gasteiger partial charge in [-0.05, 0) is 41.0 Å². The molecule has 9 nitrogen and oxygen atoms in total. The topological polar surface area (TPSA) is 133 Å². The molecule has 0 radical (unpaired) electrons. The normalized spacial score (nSPS) is 16.1. The van der Waals surface area contributed by atoms with Crippen molar-refractivity contribution in [2.24, 2.45) is 0 Å². The molecule has 0 saturated heterocycles. The van der Waals surface area contributed by atoms with E-state index in [-0.39, 0.29) is 29.2 Å². The Morgan fingerprint density at radius 1 is 0.912 bits per heavy atom. The Morgan fingerprint density at radius 3 is 2.53 bits per heavy atom. The Bertz CT molecular complexity index is 1680. The molecule has 0 amide bonds. The SMILES string of the molecule is Nc1nc(N)c2cnn(C3Cc4ccccc4N(S(=O)(=O)c4ccc5ccccc5c4)C3)c2n1. The quantitative estimate of drug-likeness (QED) is 0.413. The van der Waals surface area contributed by atoms with Crippen LogP contribution in [0.3, 0.4) is 0 Å². The number of aromatic nitrogens is 4. The summed E-state index contributed by atoms with van der Waals surface area (Å²) in [5.74, 6) is 0.286. The summed E-state index contributed by atoms with van der Waals surface area (Å²) in [4.78, 5) is 8.56. The minimum absolute atomic E-state index is 0.0450. The number of para-hydroxylation sites is 1. The van der Waals surface area contributed by atoms with Gasteiger partial charge in [-0.15, -0.1) is 0 Å². The highest BCUT2D eigenvalue weighted by Crippen LogP contribution is 2.37. The van der Waals surface area contributed by atoms with Crippen molar-refractivity contribution in [2.45, 2.75) is 17.4 Å². The number of anilines is 3. The van der Waals surface area contributed by atoms with Gasteiger partial charge in [0.2, 0.25) is 5.95 Å². The summed E-state index contributed by atoms with van der Waals surface area (Å²) < 4.78 is 31.0. The van der Waals surface area contributed by atoms with Crippen LogP contribution in [0.1, 0.15) is 11.6 Å². The maximum atomic E-state index is 13.9. The number of fused-ring (bicyclic) bond motifs is 3. The smallest absolute Gasteiger partial charge is 0.264 e. The zero-order valence-electron chi connectivity index (χ0n) is 18.0. The molecule has 0 saturated carbocycles. The predicted octanol–water partition coefficient (Wildman–Crippen LogP) is 3.14. The van der Waals surface area contributed by atoms with Gasteiger partial charge in [-0.25, -0.2) is 13.1 Å². The number of nitrogens with zero attached hydrogens (tertiary/aromatic N) is 5. The molecule has 1 unspecified atom stereocenters. The summed E-state index contributed by atoms with van der Waals surface area (Å²) in [7, 11) is -3.85. The minimum Gasteiger partial charge on any atom is -0.383 e. The van der Waals surface area contributed by atoms with Gasteiger partial charge in [0.25, 0.3) is 10.0 Å². The maximum Gasteiger partial charge on any atom is 0.264 e. The van der Waals surface area contributed by atoms with Crippen molar-refractivity contribution in [3.8, 4) is 0 Å². The van der Waals surface area contributed by atoms with E-state index in [9.17, 15) is 8.42 Å². The Labute approximate surface area is 195 Å². The van der Waals surface area contributed by atoms with Gasteiger partial charge in [0.15, 0.2) is 5.65 Å². The van der Waals surface area contributed by atoms with Gasteiger partial charge in [-0.2, -0.15) is 15.1 Å². The van der Waals surface area contributed by atoms with Crippen LogP contribution in [0.15, 0.2) is 77.8 Å². The van der Waals surface area contributed by atoms with Crippen LogP contribution in [0.25, 0.3) is 21.8 Å². The second kappa shape index (κ2) is 7.42. The second-order valence-electron chi connectivity index (χ2n) is 8.33. The van der Waals surface area contributed by atoms with Crippen molar-refractivity contribution < 1.29 is 8.42 Å². The van der Waals surface area contributed by atoms with Crippen LogP contribution in [0.4, 0.5) is 17.5 Å². The van der Waals surface area contributed by atoms with E-state index >= 15 is 0 Å². The maximum absolute atomic E-state index is 13.9. The lowest BCUT2D eigenvalue weighted by Crippen LogP contribution is -2.41. The van der Waals surface area contributed by atoms with Crippen LogP contribution in [-0.2, 0) is 16.4 Å². The predicted molar refractivity (Wildman–Crippen MR) is 132 cm³/mol. The third kappa shape index (κ3) is 3.14. The molecule has 1 aliphatic rings. The molecule has 170 valence electrons. The molecule has 5 aromatic rings. The van der Waals surface area contributed by atoms with Crippen molar-refractivity contribution in [3.05, 3.63) is 78.5 Å². The van der Waals surface area contributed by atoms with E-state index < -0.39 is 10.0 Å². The molecule has 0 spiro atoms. The highest BCUT2D eigenvalue weighted by molar-refractivity contribution is 7.92. The van der Waals surface area contributed by atoms with Gasteiger partial charge in [0.1, 0.15) is 5.82 Å². The Morgan fingerprint density at radius 2 is 1.68 bits per heavy atom. The van der Waals surface area contributed by atoms with Crippen LogP contribution < -0.4 is 15.8 Å². The number of benzene rings is 3. The summed E-state index contributed by atoms with van der Waals surface area (Å²) in [6, 6.07) is 20.1. The second-order valence-corrected chi connectivity index (χ2v) is 10.2. The summed E-state index contributed by atoms with van der Waals surface area (Å²) in [6.07, 6.45) is 2.17. The number of hydrogen-bond acceptors (Lipinski definition) is 7. The zero-order chi connectivity index (χ0) is 23.4. The van der Waals surface area contributed by atoms with Gasteiger partial charge in [-0.1, -0.05) is 48.5 Å². The van der Waals surface area contributed by atoms with E-state index in [0.717, 1.165) is 16.3 Å². The Balaban J connectivity index is 1.48. The first-order chi connectivity index (χ1) is 16.4. The molecular weight excluding hydrogens is 450 g/mol. The molecule has 1 atom stereocenters. The number of sulfonamides is 1. The average Bonchev–Trinajstić information content (AvgIpc) is 3.27. The molecular formula is C24H21N7O2S. The van der Waals surface area contributed by atoms with E-state index in [0.29, 0.717) is 23.1 Å². The first kappa shape index (κ1) is 20.4. The standard InChI is InChI=1S/C24H21N7O2S/c25-22-20-13-27-31(23(20)29-24(26)28-22)18-11-17-7-3-4-8-21(17)30(14-18)34(32,33)19-10-9-15-5-1-2-6-16(15)12-19/h1-10,12-13,18H,11,14H2,(H4,25,26,28,29). The molecule has 4 N–H and O–H groups in total. The van der Waals surface area contributed by atoms with Crippen LogP contribution in [0.2, 0.25) is 0 Å². The lowest BCUT2D eigenvalue weighted by atomic mass is 10.00. The molecule has 6 rings (SSSR count). The van der Waals surface area contributed by atoms with Gasteiger partial charge in [0.05, 0.1) is 34.8 Å². The van der Waals surface area contributed by atoms with E-state index in [4.69, 9.17) is 11.5 Å². The molecule has 0 bridgehead atoms. The van der Waals surface area contributed by atoms with Crippen LogP contribution in [0.5, 0.6) is 0 Å². The third-order valence-electron chi connectivity index (χ3n) is 6.25. The fourth-order valence-electron chi connectivity index (χ4n) is 4.61. The number of nitrogen functional groups attached to an aromatic ring is 2. The lowest BCUT2D eigenvalue weighted by molar-refractivity contribution is 0.456. The third-order valence-corrected chi connectivity index (χ3v) is 8.02. The first-order valence-electron chi connectivity index (χ1n) is 10.8. The average molecular weight is 472 g/mol.